The smallest absolute Gasteiger partial charge is 0.143 e. The predicted molar refractivity (Wildman–Crippen MR) is 83.2 cm³/mol. The number of halogens is 2. The SMILES string of the molecule is Oc1c(Br)cc(CNCCc2cccs2)cc1Br. The first-order valence-corrected chi connectivity index (χ1v) is 8.03. The van der Waals surface area contributed by atoms with E-state index in [0.29, 0.717) is 8.95 Å². The molecule has 0 radical (unpaired) electrons. The molecule has 0 aliphatic rings. The molecule has 0 amide bonds. The lowest BCUT2D eigenvalue weighted by Crippen LogP contribution is -2.16. The summed E-state index contributed by atoms with van der Waals surface area (Å²) < 4.78 is 1.43. The van der Waals surface area contributed by atoms with Crippen LogP contribution in [0.4, 0.5) is 0 Å². The second-order valence-electron chi connectivity index (χ2n) is 3.91. The van der Waals surface area contributed by atoms with Crippen LogP contribution in [-0.2, 0) is 13.0 Å². The van der Waals surface area contributed by atoms with Crippen molar-refractivity contribution in [3.8, 4) is 5.75 Å². The van der Waals surface area contributed by atoms with E-state index in [-0.39, 0.29) is 5.75 Å². The molecule has 1 aromatic heterocycles. The van der Waals surface area contributed by atoms with Crippen molar-refractivity contribution in [3.05, 3.63) is 49.0 Å². The average molecular weight is 391 g/mol. The number of rotatable bonds is 5. The second-order valence-corrected chi connectivity index (χ2v) is 6.66. The highest BCUT2D eigenvalue weighted by Gasteiger charge is 2.05. The summed E-state index contributed by atoms with van der Waals surface area (Å²) in [6.45, 7) is 1.75. The number of aromatic hydroxyl groups is 1. The molecule has 5 heteroatoms. The molecule has 96 valence electrons. The number of benzene rings is 1. The Morgan fingerprint density at radius 2 is 1.94 bits per heavy atom. The van der Waals surface area contributed by atoms with Gasteiger partial charge in [-0.1, -0.05) is 6.07 Å². The molecule has 0 fully saturated rings. The van der Waals surface area contributed by atoms with Crippen LogP contribution in [0, 0.1) is 0 Å². The van der Waals surface area contributed by atoms with Gasteiger partial charge in [0.25, 0.3) is 0 Å². The van der Waals surface area contributed by atoms with E-state index in [4.69, 9.17) is 0 Å². The topological polar surface area (TPSA) is 32.3 Å². The summed E-state index contributed by atoms with van der Waals surface area (Å²) in [7, 11) is 0. The van der Waals surface area contributed by atoms with Gasteiger partial charge in [0.2, 0.25) is 0 Å². The first kappa shape index (κ1) is 14.1. The van der Waals surface area contributed by atoms with Gasteiger partial charge in [0.15, 0.2) is 0 Å². The first-order chi connectivity index (χ1) is 8.66. The molecule has 0 aliphatic heterocycles. The molecular weight excluding hydrogens is 378 g/mol. The zero-order chi connectivity index (χ0) is 13.0. The van der Waals surface area contributed by atoms with Crippen molar-refractivity contribution in [1.29, 1.82) is 0 Å². The molecule has 0 atom stereocenters. The fraction of sp³-hybridized carbons (Fsp3) is 0.231. The normalized spacial score (nSPS) is 10.8. The zero-order valence-electron chi connectivity index (χ0n) is 9.62. The third-order valence-electron chi connectivity index (χ3n) is 2.53. The minimum absolute atomic E-state index is 0.248. The van der Waals surface area contributed by atoms with E-state index in [9.17, 15) is 5.11 Å². The summed E-state index contributed by atoms with van der Waals surface area (Å²) in [5.41, 5.74) is 1.14. The van der Waals surface area contributed by atoms with Crippen LogP contribution in [0.2, 0.25) is 0 Å². The van der Waals surface area contributed by atoms with E-state index in [1.165, 1.54) is 4.88 Å². The number of phenols is 1. The maximum absolute atomic E-state index is 9.61. The van der Waals surface area contributed by atoms with Gasteiger partial charge in [0.1, 0.15) is 5.75 Å². The largest absolute Gasteiger partial charge is 0.506 e. The molecule has 2 aromatic rings. The van der Waals surface area contributed by atoms with Crippen LogP contribution in [0.1, 0.15) is 10.4 Å². The summed E-state index contributed by atoms with van der Waals surface area (Å²) in [6, 6.07) is 8.09. The van der Waals surface area contributed by atoms with Gasteiger partial charge in [-0.3, -0.25) is 0 Å². The Morgan fingerprint density at radius 3 is 2.56 bits per heavy atom. The molecular formula is C13H13Br2NOS. The summed E-state index contributed by atoms with van der Waals surface area (Å²) >= 11 is 8.45. The van der Waals surface area contributed by atoms with Crippen LogP contribution in [0.5, 0.6) is 5.75 Å². The van der Waals surface area contributed by atoms with Crippen LogP contribution in [0.25, 0.3) is 0 Å². The molecule has 1 aromatic carbocycles. The second kappa shape index (κ2) is 6.70. The summed E-state index contributed by atoms with van der Waals surface area (Å²) in [4.78, 5) is 1.40. The molecule has 0 bridgehead atoms. The Labute approximate surface area is 127 Å². The van der Waals surface area contributed by atoms with E-state index in [1.807, 2.05) is 12.1 Å². The number of hydrogen-bond acceptors (Lipinski definition) is 3. The maximum Gasteiger partial charge on any atom is 0.143 e. The lowest BCUT2D eigenvalue weighted by atomic mass is 10.2. The van der Waals surface area contributed by atoms with E-state index in [2.05, 4.69) is 54.7 Å². The Hall–Kier alpha value is -0.360. The van der Waals surface area contributed by atoms with Crippen molar-refractivity contribution in [2.45, 2.75) is 13.0 Å². The van der Waals surface area contributed by atoms with Gasteiger partial charge in [0.05, 0.1) is 8.95 Å². The summed E-state index contributed by atoms with van der Waals surface area (Å²) in [5.74, 6) is 0.248. The van der Waals surface area contributed by atoms with Crippen LogP contribution in [0.15, 0.2) is 38.6 Å². The number of phenolic OH excluding ortho intramolecular Hbond substituents is 1. The van der Waals surface area contributed by atoms with Crippen molar-refractivity contribution in [3.63, 3.8) is 0 Å². The summed E-state index contributed by atoms with van der Waals surface area (Å²) in [5, 5.41) is 15.1. The Bertz CT molecular complexity index is 491. The molecule has 2 rings (SSSR count). The van der Waals surface area contributed by atoms with E-state index >= 15 is 0 Å². The van der Waals surface area contributed by atoms with E-state index in [1.54, 1.807) is 11.3 Å². The number of nitrogens with one attached hydrogen (secondary N) is 1. The molecule has 0 saturated carbocycles. The monoisotopic (exact) mass is 389 g/mol. The maximum atomic E-state index is 9.61. The quantitative estimate of drug-likeness (QED) is 0.745. The molecule has 0 spiro atoms. The molecule has 0 saturated heterocycles. The Morgan fingerprint density at radius 1 is 1.22 bits per heavy atom. The summed E-state index contributed by atoms with van der Waals surface area (Å²) in [6.07, 6.45) is 1.05. The number of thiophene rings is 1. The minimum Gasteiger partial charge on any atom is -0.506 e. The van der Waals surface area contributed by atoms with Crippen molar-refractivity contribution >= 4 is 43.2 Å². The highest BCUT2D eigenvalue weighted by atomic mass is 79.9. The highest BCUT2D eigenvalue weighted by Crippen LogP contribution is 2.33. The molecule has 2 N–H and O–H groups in total. The average Bonchev–Trinajstić information content (AvgIpc) is 2.84. The standard InChI is InChI=1S/C13H13Br2NOS/c14-11-6-9(7-12(15)13(11)17)8-16-4-3-10-2-1-5-18-10/h1-2,5-7,16-17H,3-4,8H2. The van der Waals surface area contributed by atoms with Gasteiger partial charge in [0, 0.05) is 18.0 Å². The highest BCUT2D eigenvalue weighted by molar-refractivity contribution is 9.11. The van der Waals surface area contributed by atoms with Crippen molar-refractivity contribution in [2.24, 2.45) is 0 Å². The van der Waals surface area contributed by atoms with Crippen LogP contribution >= 0.6 is 43.2 Å². The van der Waals surface area contributed by atoms with Crippen molar-refractivity contribution in [1.82, 2.24) is 5.32 Å². The molecule has 0 unspecified atom stereocenters. The van der Waals surface area contributed by atoms with Crippen molar-refractivity contribution in [2.75, 3.05) is 6.54 Å². The zero-order valence-corrected chi connectivity index (χ0v) is 13.6. The Kier molecular flexibility index (Phi) is 5.24. The molecule has 18 heavy (non-hydrogen) atoms. The first-order valence-electron chi connectivity index (χ1n) is 5.57. The van der Waals surface area contributed by atoms with E-state index < -0.39 is 0 Å². The van der Waals surface area contributed by atoms with Gasteiger partial charge in [-0.2, -0.15) is 0 Å². The van der Waals surface area contributed by atoms with Gasteiger partial charge in [-0.05, 0) is 67.4 Å². The number of hydrogen-bond donors (Lipinski definition) is 2. The van der Waals surface area contributed by atoms with Gasteiger partial charge in [-0.25, -0.2) is 0 Å². The predicted octanol–water partition coefficient (Wildman–Crippen LogP) is 4.31. The molecule has 1 heterocycles. The van der Waals surface area contributed by atoms with Gasteiger partial charge >= 0.3 is 0 Å². The van der Waals surface area contributed by atoms with Crippen LogP contribution < -0.4 is 5.32 Å². The van der Waals surface area contributed by atoms with E-state index in [0.717, 1.165) is 25.1 Å². The minimum atomic E-state index is 0.248. The van der Waals surface area contributed by atoms with Gasteiger partial charge in [-0.15, -0.1) is 11.3 Å². The van der Waals surface area contributed by atoms with Gasteiger partial charge < -0.3 is 10.4 Å². The lowest BCUT2D eigenvalue weighted by molar-refractivity contribution is 0.468. The third kappa shape index (κ3) is 3.82. The van der Waals surface area contributed by atoms with Crippen LogP contribution in [0.3, 0.4) is 0 Å². The van der Waals surface area contributed by atoms with Crippen molar-refractivity contribution < 1.29 is 5.11 Å². The molecule has 2 nitrogen and oxygen atoms in total. The lowest BCUT2D eigenvalue weighted by Gasteiger charge is -2.07. The fourth-order valence-corrected chi connectivity index (χ4v) is 3.61. The fourth-order valence-electron chi connectivity index (χ4n) is 1.62. The third-order valence-corrected chi connectivity index (χ3v) is 4.68. The molecule has 0 aliphatic carbocycles. The Balaban J connectivity index is 1.83. The van der Waals surface area contributed by atoms with Crippen LogP contribution in [-0.4, -0.2) is 11.7 Å².